The zero-order valence-electron chi connectivity index (χ0n) is 9.63. The van der Waals surface area contributed by atoms with Gasteiger partial charge in [0.1, 0.15) is 0 Å². The number of carbonyl (C=O) groups excluding carboxylic acids is 1. The van der Waals surface area contributed by atoms with Gasteiger partial charge >= 0.3 is 0 Å². The molecule has 0 amide bonds. The van der Waals surface area contributed by atoms with Crippen LogP contribution in [-0.2, 0) is 0 Å². The quantitative estimate of drug-likeness (QED) is 0.673. The predicted octanol–water partition coefficient (Wildman–Crippen LogP) is 3.08. The minimum atomic E-state index is -2.59. The Morgan fingerprint density at radius 1 is 1.33 bits per heavy atom. The van der Waals surface area contributed by atoms with Crippen LogP contribution in [0.1, 0.15) is 23.2 Å². The molecular weight excluding hydrogens is 306 g/mol. The molecule has 0 aliphatic carbocycles. The molecule has 0 unspecified atom stereocenters. The van der Waals surface area contributed by atoms with Crippen molar-refractivity contribution in [2.24, 2.45) is 0 Å². The molecule has 3 nitrogen and oxygen atoms in total. The van der Waals surface area contributed by atoms with E-state index in [0.29, 0.717) is 27.7 Å². The molecule has 1 aliphatic heterocycles. The van der Waals surface area contributed by atoms with Crippen LogP contribution in [0.5, 0.6) is 0 Å². The molecule has 1 fully saturated rings. The fourth-order valence-electron chi connectivity index (χ4n) is 2.06. The smallest absolute Gasteiger partial charge is 0.251 e. The molecular formula is C12H13BrF2N2O. The number of nitrogen functional groups attached to an aromatic ring is 1. The Hall–Kier alpha value is -1.17. The second-order valence-electron chi connectivity index (χ2n) is 4.39. The molecule has 1 aromatic carbocycles. The Morgan fingerprint density at radius 2 is 1.94 bits per heavy atom. The number of halogens is 3. The van der Waals surface area contributed by atoms with Crippen molar-refractivity contribution in [2.75, 3.05) is 23.7 Å². The summed E-state index contributed by atoms with van der Waals surface area (Å²) in [5.74, 6) is -2.59. The molecule has 18 heavy (non-hydrogen) atoms. The van der Waals surface area contributed by atoms with Gasteiger partial charge in [0.2, 0.25) is 0 Å². The highest BCUT2D eigenvalue weighted by atomic mass is 79.9. The highest BCUT2D eigenvalue weighted by Gasteiger charge is 2.34. The maximum absolute atomic E-state index is 13.1. The second-order valence-corrected chi connectivity index (χ2v) is 5.30. The van der Waals surface area contributed by atoms with E-state index in [4.69, 9.17) is 5.73 Å². The third kappa shape index (κ3) is 2.63. The van der Waals surface area contributed by atoms with Crippen LogP contribution in [-0.4, -0.2) is 25.3 Å². The highest BCUT2D eigenvalue weighted by molar-refractivity contribution is 9.10. The Bertz CT molecular complexity index is 469. The number of nitrogens with two attached hydrogens (primary N) is 1. The average Bonchev–Trinajstić information content (AvgIpc) is 2.32. The predicted molar refractivity (Wildman–Crippen MR) is 70.3 cm³/mol. The molecule has 0 saturated carbocycles. The van der Waals surface area contributed by atoms with Crippen molar-refractivity contribution in [1.82, 2.24) is 0 Å². The first-order valence-corrected chi connectivity index (χ1v) is 6.39. The van der Waals surface area contributed by atoms with Crippen LogP contribution in [0.25, 0.3) is 0 Å². The number of aldehydes is 1. The van der Waals surface area contributed by atoms with Gasteiger partial charge in [0.25, 0.3) is 5.92 Å². The lowest BCUT2D eigenvalue weighted by molar-refractivity contribution is -0.0220. The molecule has 1 heterocycles. The number of hydrogen-bond acceptors (Lipinski definition) is 3. The number of nitrogens with zero attached hydrogens (tertiary/aromatic N) is 1. The van der Waals surface area contributed by atoms with Crippen molar-refractivity contribution in [1.29, 1.82) is 0 Å². The zero-order valence-corrected chi connectivity index (χ0v) is 11.2. The van der Waals surface area contributed by atoms with Crippen molar-refractivity contribution >= 4 is 33.6 Å². The fourth-order valence-corrected chi connectivity index (χ4v) is 2.52. The topological polar surface area (TPSA) is 46.3 Å². The summed E-state index contributed by atoms with van der Waals surface area (Å²) in [6, 6.07) is 3.37. The van der Waals surface area contributed by atoms with E-state index in [-0.39, 0.29) is 25.9 Å². The Balaban J connectivity index is 2.29. The van der Waals surface area contributed by atoms with Crippen LogP contribution in [0.4, 0.5) is 20.2 Å². The number of anilines is 2. The van der Waals surface area contributed by atoms with Gasteiger partial charge in [0, 0.05) is 36.0 Å². The standard InChI is InChI=1S/C12H13BrF2N2O/c13-9-5-8(7-18)11(16)10(6-9)17-3-1-12(14,15)2-4-17/h5-7H,1-4,16H2. The first-order chi connectivity index (χ1) is 8.43. The third-order valence-corrected chi connectivity index (χ3v) is 3.58. The normalized spacial score (nSPS) is 18.7. The molecule has 2 N–H and O–H groups in total. The summed E-state index contributed by atoms with van der Waals surface area (Å²) in [5, 5.41) is 0. The van der Waals surface area contributed by atoms with Gasteiger partial charge in [-0.15, -0.1) is 0 Å². The number of hydrogen-bond donors (Lipinski definition) is 1. The molecule has 0 radical (unpaired) electrons. The van der Waals surface area contributed by atoms with Gasteiger partial charge in [-0.3, -0.25) is 4.79 Å². The molecule has 0 bridgehead atoms. The van der Waals surface area contributed by atoms with Gasteiger partial charge in [-0.05, 0) is 12.1 Å². The maximum Gasteiger partial charge on any atom is 0.251 e. The zero-order chi connectivity index (χ0) is 13.3. The lowest BCUT2D eigenvalue weighted by atomic mass is 10.0. The second kappa shape index (κ2) is 4.84. The van der Waals surface area contributed by atoms with Gasteiger partial charge in [0.15, 0.2) is 6.29 Å². The molecule has 0 atom stereocenters. The van der Waals surface area contributed by atoms with Gasteiger partial charge in [-0.2, -0.15) is 0 Å². The molecule has 2 rings (SSSR count). The molecule has 1 saturated heterocycles. The summed E-state index contributed by atoms with van der Waals surface area (Å²) in [6.45, 7) is 0.484. The molecule has 1 aliphatic rings. The molecule has 1 aromatic rings. The summed E-state index contributed by atoms with van der Waals surface area (Å²) in [4.78, 5) is 12.7. The van der Waals surface area contributed by atoms with Gasteiger partial charge < -0.3 is 10.6 Å². The van der Waals surface area contributed by atoms with E-state index in [0.717, 1.165) is 0 Å². The summed E-state index contributed by atoms with van der Waals surface area (Å²) >= 11 is 3.29. The van der Waals surface area contributed by atoms with E-state index in [1.54, 1.807) is 17.0 Å². The van der Waals surface area contributed by atoms with Crippen molar-refractivity contribution < 1.29 is 13.6 Å². The molecule has 98 valence electrons. The van der Waals surface area contributed by atoms with Gasteiger partial charge in [-0.25, -0.2) is 8.78 Å². The average molecular weight is 319 g/mol. The first kappa shape index (κ1) is 13.3. The molecule has 0 aromatic heterocycles. The van der Waals surface area contributed by atoms with Gasteiger partial charge in [0.05, 0.1) is 11.4 Å². The third-order valence-electron chi connectivity index (χ3n) is 3.12. The van der Waals surface area contributed by atoms with E-state index in [1.165, 1.54) is 0 Å². The fraction of sp³-hybridized carbons (Fsp3) is 0.417. The number of piperidine rings is 1. The van der Waals surface area contributed by atoms with Gasteiger partial charge in [-0.1, -0.05) is 15.9 Å². The Morgan fingerprint density at radius 3 is 2.50 bits per heavy atom. The van der Waals surface area contributed by atoms with Crippen LogP contribution < -0.4 is 10.6 Å². The van der Waals surface area contributed by atoms with Crippen LogP contribution in [0.3, 0.4) is 0 Å². The van der Waals surface area contributed by atoms with E-state index in [9.17, 15) is 13.6 Å². The van der Waals surface area contributed by atoms with E-state index >= 15 is 0 Å². The van der Waals surface area contributed by atoms with Crippen LogP contribution in [0, 0.1) is 0 Å². The minimum Gasteiger partial charge on any atom is -0.396 e. The number of rotatable bonds is 2. The van der Waals surface area contributed by atoms with Crippen molar-refractivity contribution in [2.45, 2.75) is 18.8 Å². The summed E-state index contributed by atoms with van der Waals surface area (Å²) in [7, 11) is 0. The van der Waals surface area contributed by atoms with Crippen LogP contribution >= 0.6 is 15.9 Å². The first-order valence-electron chi connectivity index (χ1n) is 5.60. The lowest BCUT2D eigenvalue weighted by Gasteiger charge is -2.34. The van der Waals surface area contributed by atoms with Crippen molar-refractivity contribution in [3.05, 3.63) is 22.2 Å². The molecule has 0 spiro atoms. The minimum absolute atomic E-state index is 0.185. The van der Waals surface area contributed by atoms with Crippen molar-refractivity contribution in [3.8, 4) is 0 Å². The number of carbonyl (C=O) groups is 1. The number of benzene rings is 1. The molecule has 6 heteroatoms. The lowest BCUT2D eigenvalue weighted by Crippen LogP contribution is -2.39. The summed E-state index contributed by atoms with van der Waals surface area (Å²) in [6.07, 6.45) is 0.299. The summed E-state index contributed by atoms with van der Waals surface area (Å²) < 4.78 is 26.9. The Kier molecular flexibility index (Phi) is 3.56. The highest BCUT2D eigenvalue weighted by Crippen LogP contribution is 2.35. The van der Waals surface area contributed by atoms with E-state index in [2.05, 4.69) is 15.9 Å². The van der Waals surface area contributed by atoms with Crippen molar-refractivity contribution in [3.63, 3.8) is 0 Å². The van der Waals surface area contributed by atoms with Crippen LogP contribution in [0.2, 0.25) is 0 Å². The van der Waals surface area contributed by atoms with Crippen LogP contribution in [0.15, 0.2) is 16.6 Å². The Labute approximate surface area is 112 Å². The monoisotopic (exact) mass is 318 g/mol. The number of alkyl halides is 2. The van der Waals surface area contributed by atoms with E-state index < -0.39 is 5.92 Å². The van der Waals surface area contributed by atoms with E-state index in [1.807, 2.05) is 0 Å². The largest absolute Gasteiger partial charge is 0.396 e. The SMILES string of the molecule is Nc1c(C=O)cc(Br)cc1N1CCC(F)(F)CC1. The maximum atomic E-state index is 13.1. The summed E-state index contributed by atoms with van der Waals surface area (Å²) in [5.41, 5.74) is 7.24.